The van der Waals surface area contributed by atoms with E-state index < -0.39 is 43.9 Å². The van der Waals surface area contributed by atoms with Crippen LogP contribution in [-0.2, 0) is 23.4 Å². The van der Waals surface area contributed by atoms with E-state index in [4.69, 9.17) is 24.3 Å². The molecule has 4 rings (SSSR count). The summed E-state index contributed by atoms with van der Waals surface area (Å²) in [6, 6.07) is 13.0. The second-order valence-corrected chi connectivity index (χ2v) is 9.90. The first kappa shape index (κ1) is 25.8. The van der Waals surface area contributed by atoms with E-state index in [0.29, 0.717) is 5.39 Å². The fourth-order valence-corrected chi connectivity index (χ4v) is 5.33. The van der Waals surface area contributed by atoms with Crippen molar-refractivity contribution in [3.8, 4) is 5.75 Å². The Labute approximate surface area is 206 Å². The molecule has 1 aliphatic heterocycles. The minimum Gasteiger partial charge on any atom is -0.468 e. The standard InChI is InChI=1S/C23H27N4O8P/c1-14(22(29)32-2)26-36(31,35-18-9-5-7-15-6-3-4-8-16(15)18)33-13-19-17(28)12-21(34-19)27-11-10-20(24)25-23(27)30/h3-11,14,17,19,21,28H,12-13H2,1-2H3,(H,26,31)(H2,24,25,30)/t14-,17+,19?,21+,36?/m0/s1. The third kappa shape index (κ3) is 5.75. The predicted molar refractivity (Wildman–Crippen MR) is 130 cm³/mol. The molecule has 2 heterocycles. The summed E-state index contributed by atoms with van der Waals surface area (Å²) < 4.78 is 36.9. The SMILES string of the molecule is COC(=O)[C@H](C)NP(=O)(OCC1O[C@@H](n2ccc(N)nc2=O)C[C@H]1O)Oc1cccc2ccccc12. The van der Waals surface area contributed by atoms with Crippen LogP contribution in [0.5, 0.6) is 5.75 Å². The van der Waals surface area contributed by atoms with Gasteiger partial charge in [-0.2, -0.15) is 10.1 Å². The van der Waals surface area contributed by atoms with Crippen molar-refractivity contribution in [2.75, 3.05) is 19.5 Å². The van der Waals surface area contributed by atoms with Gasteiger partial charge in [-0.1, -0.05) is 36.4 Å². The number of ether oxygens (including phenoxy) is 2. The fourth-order valence-electron chi connectivity index (χ4n) is 3.81. The molecule has 12 nitrogen and oxygen atoms in total. The number of nitrogens with two attached hydrogens (primary N) is 1. The highest BCUT2D eigenvalue weighted by molar-refractivity contribution is 7.52. The van der Waals surface area contributed by atoms with Gasteiger partial charge in [0.25, 0.3) is 0 Å². The Morgan fingerprint density at radius 2 is 2.06 bits per heavy atom. The topological polar surface area (TPSA) is 164 Å². The fraction of sp³-hybridized carbons (Fsp3) is 0.348. The van der Waals surface area contributed by atoms with Crippen LogP contribution in [-0.4, -0.2) is 52.6 Å². The van der Waals surface area contributed by atoms with Crippen LogP contribution in [0.3, 0.4) is 0 Å². The molecule has 36 heavy (non-hydrogen) atoms. The maximum absolute atomic E-state index is 13.8. The van der Waals surface area contributed by atoms with Crippen LogP contribution < -0.4 is 21.0 Å². The van der Waals surface area contributed by atoms with Crippen LogP contribution in [0, 0.1) is 0 Å². The number of carbonyl (C=O) groups excluding carboxylic acids is 1. The summed E-state index contributed by atoms with van der Waals surface area (Å²) in [7, 11) is -2.99. The largest absolute Gasteiger partial charge is 0.468 e. The van der Waals surface area contributed by atoms with Crippen LogP contribution in [0.15, 0.2) is 59.5 Å². The minimum atomic E-state index is -4.19. The average Bonchev–Trinajstić information content (AvgIpc) is 3.22. The van der Waals surface area contributed by atoms with Crippen molar-refractivity contribution in [3.63, 3.8) is 0 Å². The zero-order valence-corrected chi connectivity index (χ0v) is 20.5. The number of hydrogen-bond donors (Lipinski definition) is 3. The number of benzene rings is 2. The first-order chi connectivity index (χ1) is 17.2. The number of esters is 1. The number of carbonyl (C=O) groups is 1. The summed E-state index contributed by atoms with van der Waals surface area (Å²) in [6.07, 6.45) is -1.32. The molecule has 1 fully saturated rings. The molecule has 3 aromatic rings. The van der Waals surface area contributed by atoms with E-state index in [0.717, 1.165) is 5.39 Å². The van der Waals surface area contributed by atoms with Crippen molar-refractivity contribution in [3.05, 3.63) is 65.2 Å². The van der Waals surface area contributed by atoms with Crippen LogP contribution in [0.1, 0.15) is 19.6 Å². The Morgan fingerprint density at radius 3 is 2.81 bits per heavy atom. The Morgan fingerprint density at radius 1 is 1.31 bits per heavy atom. The number of nitrogens with zero attached hydrogens (tertiary/aromatic N) is 2. The molecule has 0 aliphatic carbocycles. The molecule has 1 aliphatic rings. The van der Waals surface area contributed by atoms with E-state index in [1.165, 1.54) is 30.9 Å². The lowest BCUT2D eigenvalue weighted by atomic mass is 10.1. The normalized spacial score (nSPS) is 22.1. The van der Waals surface area contributed by atoms with Crippen LogP contribution in [0.2, 0.25) is 0 Å². The average molecular weight is 518 g/mol. The van der Waals surface area contributed by atoms with Gasteiger partial charge < -0.3 is 24.8 Å². The number of rotatable bonds is 9. The summed E-state index contributed by atoms with van der Waals surface area (Å²) in [5.74, 6) is -0.342. The maximum Gasteiger partial charge on any atom is 0.459 e. The molecule has 2 aromatic carbocycles. The van der Waals surface area contributed by atoms with Gasteiger partial charge in [-0.15, -0.1) is 0 Å². The number of aromatic nitrogens is 2. The van der Waals surface area contributed by atoms with E-state index in [1.54, 1.807) is 18.2 Å². The highest BCUT2D eigenvalue weighted by atomic mass is 31.2. The Bertz CT molecular complexity index is 1340. The van der Waals surface area contributed by atoms with Crippen LogP contribution >= 0.6 is 7.75 Å². The summed E-state index contributed by atoms with van der Waals surface area (Å²) in [5, 5.41) is 14.6. The molecule has 0 bridgehead atoms. The number of aliphatic hydroxyl groups is 1. The van der Waals surface area contributed by atoms with Crippen molar-refractivity contribution in [2.24, 2.45) is 0 Å². The van der Waals surface area contributed by atoms with Crippen LogP contribution in [0.25, 0.3) is 10.8 Å². The van der Waals surface area contributed by atoms with Gasteiger partial charge in [0, 0.05) is 18.0 Å². The number of hydrogen-bond acceptors (Lipinski definition) is 10. The van der Waals surface area contributed by atoms with Crippen molar-refractivity contribution < 1.29 is 33.0 Å². The van der Waals surface area contributed by atoms with Gasteiger partial charge in [0.2, 0.25) is 0 Å². The second-order valence-electron chi connectivity index (χ2n) is 8.21. The van der Waals surface area contributed by atoms with E-state index >= 15 is 0 Å². The lowest BCUT2D eigenvalue weighted by molar-refractivity contribution is -0.142. The van der Waals surface area contributed by atoms with E-state index in [1.807, 2.05) is 24.3 Å². The molecule has 0 amide bonds. The molecule has 192 valence electrons. The van der Waals surface area contributed by atoms with Gasteiger partial charge in [-0.05, 0) is 24.4 Å². The molecule has 0 radical (unpaired) electrons. The number of anilines is 1. The zero-order chi connectivity index (χ0) is 25.9. The third-order valence-corrected chi connectivity index (χ3v) is 7.28. The molecule has 0 saturated carbocycles. The van der Waals surface area contributed by atoms with Gasteiger partial charge >= 0.3 is 19.4 Å². The highest BCUT2D eigenvalue weighted by Crippen LogP contribution is 2.47. The number of methoxy groups -OCH3 is 1. The van der Waals surface area contributed by atoms with Gasteiger partial charge in [-0.3, -0.25) is 13.9 Å². The van der Waals surface area contributed by atoms with Crippen molar-refractivity contribution >= 4 is 30.3 Å². The number of aliphatic hydroxyl groups excluding tert-OH is 1. The molecule has 2 unspecified atom stereocenters. The lowest BCUT2D eigenvalue weighted by Crippen LogP contribution is -2.36. The Hall–Kier alpha value is -3.28. The van der Waals surface area contributed by atoms with Gasteiger partial charge in [0.1, 0.15) is 29.9 Å². The molecule has 1 saturated heterocycles. The third-order valence-electron chi connectivity index (χ3n) is 5.65. The predicted octanol–water partition coefficient (Wildman–Crippen LogP) is 1.98. The van der Waals surface area contributed by atoms with Crippen molar-refractivity contribution in [2.45, 2.75) is 37.8 Å². The van der Waals surface area contributed by atoms with Gasteiger partial charge in [-0.25, -0.2) is 9.36 Å². The minimum absolute atomic E-state index is 0.0620. The van der Waals surface area contributed by atoms with Gasteiger partial charge in [0.15, 0.2) is 0 Å². The molecular formula is C23H27N4O8P. The van der Waals surface area contributed by atoms with Gasteiger partial charge in [0.05, 0.1) is 19.8 Å². The summed E-state index contributed by atoms with van der Waals surface area (Å²) >= 11 is 0. The number of fused-ring (bicyclic) bond motifs is 1. The van der Waals surface area contributed by atoms with Crippen molar-refractivity contribution in [1.29, 1.82) is 0 Å². The highest BCUT2D eigenvalue weighted by Gasteiger charge is 2.39. The Kier molecular flexibility index (Phi) is 7.72. The molecule has 4 N–H and O–H groups in total. The maximum atomic E-state index is 13.8. The van der Waals surface area contributed by atoms with E-state index in [2.05, 4.69) is 10.1 Å². The van der Waals surface area contributed by atoms with Crippen LogP contribution in [0.4, 0.5) is 5.82 Å². The summed E-state index contributed by atoms with van der Waals surface area (Å²) in [4.78, 5) is 27.8. The second kappa shape index (κ2) is 10.8. The van der Waals surface area contributed by atoms with E-state index in [9.17, 15) is 19.3 Å². The Balaban J connectivity index is 1.53. The lowest BCUT2D eigenvalue weighted by Gasteiger charge is -2.25. The first-order valence-corrected chi connectivity index (χ1v) is 12.7. The molecule has 5 atom stereocenters. The molecule has 0 spiro atoms. The number of nitrogens with one attached hydrogen (secondary N) is 1. The summed E-state index contributed by atoms with van der Waals surface area (Å²) in [5.41, 5.74) is 4.89. The smallest absolute Gasteiger partial charge is 0.459 e. The quantitative estimate of drug-likeness (QED) is 0.280. The molecule has 13 heteroatoms. The van der Waals surface area contributed by atoms with E-state index in [-0.39, 0.29) is 24.6 Å². The first-order valence-electron chi connectivity index (χ1n) is 11.1. The molecular weight excluding hydrogens is 491 g/mol. The molecule has 1 aromatic heterocycles. The summed E-state index contributed by atoms with van der Waals surface area (Å²) in [6.45, 7) is 1.09. The van der Waals surface area contributed by atoms with Crippen molar-refractivity contribution in [1.82, 2.24) is 14.6 Å². The number of nitrogen functional groups attached to an aromatic ring is 1. The zero-order valence-electron chi connectivity index (χ0n) is 19.6. The monoisotopic (exact) mass is 518 g/mol.